The molecular weight excluding hydrogens is 487 g/mol. The van der Waals surface area contributed by atoms with Gasteiger partial charge in [0, 0.05) is 57.3 Å². The minimum Gasteiger partial charge on any atom is -0.357 e. The summed E-state index contributed by atoms with van der Waals surface area (Å²) in [7, 11) is 1.47. The van der Waals surface area contributed by atoms with Crippen LogP contribution in [0.15, 0.2) is 30.9 Å². The Balaban J connectivity index is 1.76. The number of likely N-dealkylation sites (N-methyl/N-ethyl adjacent to an activating group) is 1. The van der Waals surface area contributed by atoms with E-state index in [1.807, 2.05) is 25.7 Å². The van der Waals surface area contributed by atoms with Gasteiger partial charge in [-0.05, 0) is 11.5 Å². The molecule has 0 saturated heterocycles. The zero-order valence-corrected chi connectivity index (χ0v) is 21.0. The van der Waals surface area contributed by atoms with Gasteiger partial charge in [-0.2, -0.15) is 0 Å². The van der Waals surface area contributed by atoms with Gasteiger partial charge >= 0.3 is 0 Å². The number of halogens is 3. The van der Waals surface area contributed by atoms with E-state index < -0.39 is 34.8 Å². The van der Waals surface area contributed by atoms with Gasteiger partial charge in [0.2, 0.25) is 5.91 Å². The van der Waals surface area contributed by atoms with E-state index in [9.17, 15) is 22.8 Å². The molecule has 4 rings (SSSR count). The van der Waals surface area contributed by atoms with Gasteiger partial charge in [0.05, 0.1) is 11.3 Å². The Kier molecular flexibility index (Phi) is 7.30. The van der Waals surface area contributed by atoms with E-state index in [0.717, 1.165) is 11.6 Å². The topological polar surface area (TPSA) is 105 Å². The lowest BCUT2D eigenvalue weighted by atomic mass is 9.86. The van der Waals surface area contributed by atoms with Crippen molar-refractivity contribution in [2.24, 2.45) is 5.41 Å². The summed E-state index contributed by atoms with van der Waals surface area (Å²) in [5.41, 5.74) is 0.420. The Labute approximate surface area is 212 Å². The van der Waals surface area contributed by atoms with Crippen LogP contribution < -0.4 is 10.6 Å². The molecule has 2 aromatic heterocycles. The van der Waals surface area contributed by atoms with Crippen LogP contribution in [0.4, 0.5) is 13.2 Å². The number of hydrogen-bond acceptors (Lipinski definition) is 6. The molecule has 2 N–H and O–H groups in total. The Morgan fingerprint density at radius 1 is 1.05 bits per heavy atom. The van der Waals surface area contributed by atoms with Crippen LogP contribution in [0.2, 0.25) is 0 Å². The van der Waals surface area contributed by atoms with E-state index in [1.165, 1.54) is 13.4 Å². The Bertz CT molecular complexity index is 1320. The molecule has 12 heteroatoms. The summed E-state index contributed by atoms with van der Waals surface area (Å²) >= 11 is 0. The van der Waals surface area contributed by atoms with Crippen LogP contribution in [0.3, 0.4) is 0 Å². The second-order valence-corrected chi connectivity index (χ2v) is 9.97. The third-order valence-electron chi connectivity index (χ3n) is 6.22. The minimum atomic E-state index is -1.32. The maximum absolute atomic E-state index is 14.7. The molecule has 3 heterocycles. The number of rotatable bonds is 6. The molecule has 3 aromatic rings. The molecule has 0 fully saturated rings. The number of carbonyl (C=O) groups is 2. The molecule has 1 aliphatic rings. The summed E-state index contributed by atoms with van der Waals surface area (Å²) in [5.74, 6) is -4.56. The lowest BCUT2D eigenvalue weighted by Gasteiger charge is -2.31. The molecule has 37 heavy (non-hydrogen) atoms. The van der Waals surface area contributed by atoms with E-state index in [0.29, 0.717) is 31.4 Å². The number of nitrogens with one attached hydrogen (secondary N) is 2. The summed E-state index contributed by atoms with van der Waals surface area (Å²) in [6, 6.07) is 0.308. The fourth-order valence-corrected chi connectivity index (χ4v) is 4.33. The molecule has 9 nitrogen and oxygen atoms in total. The first-order chi connectivity index (χ1) is 17.5. The molecule has 0 radical (unpaired) electrons. The quantitative estimate of drug-likeness (QED) is 0.489. The molecule has 196 valence electrons. The highest BCUT2D eigenvalue weighted by Crippen LogP contribution is 2.30. The summed E-state index contributed by atoms with van der Waals surface area (Å²) in [6.07, 6.45) is 4.80. The maximum atomic E-state index is 14.7. The number of aromatic nitrogens is 4. The normalized spacial score (nSPS) is 14.7. The minimum absolute atomic E-state index is 0.00601. The van der Waals surface area contributed by atoms with E-state index in [4.69, 9.17) is 0 Å². The largest absolute Gasteiger partial charge is 0.357 e. The average molecular weight is 516 g/mol. The smallest absolute Gasteiger partial charge is 0.272 e. The molecule has 0 bridgehead atoms. The van der Waals surface area contributed by atoms with Crippen molar-refractivity contribution in [3.05, 3.63) is 65.3 Å². The highest BCUT2D eigenvalue weighted by Gasteiger charge is 2.35. The molecular formula is C25H28F3N7O2. The summed E-state index contributed by atoms with van der Waals surface area (Å²) in [5, 5.41) is 5.29. The van der Waals surface area contributed by atoms with E-state index in [2.05, 4.69) is 25.6 Å². The molecule has 1 atom stereocenters. The number of imidazole rings is 1. The van der Waals surface area contributed by atoms with E-state index in [-0.39, 0.29) is 29.5 Å². The third kappa shape index (κ3) is 5.48. The summed E-state index contributed by atoms with van der Waals surface area (Å²) < 4.78 is 44.0. The molecule has 0 aliphatic carbocycles. The van der Waals surface area contributed by atoms with Gasteiger partial charge in [0.25, 0.3) is 5.91 Å². The molecule has 1 unspecified atom stereocenters. The standard InChI is InChI=1S/C25H28F3N7O2/c1-25(2,3)21(24(37)29-4)33-23(36)20-19-12-34(11-14-9-30-13-31-10-14)5-6-35(19)22(32-20)15-7-17(27)18(28)8-16(15)26/h7-10,13,21H,5-6,11-12H2,1-4H3,(H,29,37)(H,33,36). The van der Waals surface area contributed by atoms with Crippen LogP contribution in [0.25, 0.3) is 11.4 Å². The maximum Gasteiger partial charge on any atom is 0.272 e. The first-order valence-electron chi connectivity index (χ1n) is 11.7. The van der Waals surface area contributed by atoms with Crippen molar-refractivity contribution in [2.45, 2.75) is 46.4 Å². The monoisotopic (exact) mass is 515 g/mol. The Morgan fingerprint density at radius 3 is 2.38 bits per heavy atom. The van der Waals surface area contributed by atoms with Gasteiger partial charge in [0.1, 0.15) is 24.0 Å². The first kappa shape index (κ1) is 26.3. The molecule has 0 spiro atoms. The number of hydrogen-bond donors (Lipinski definition) is 2. The Hall–Kier alpha value is -3.80. The zero-order chi connectivity index (χ0) is 26.9. The molecule has 0 saturated carbocycles. The highest BCUT2D eigenvalue weighted by molar-refractivity contribution is 5.98. The fraction of sp³-hybridized carbons (Fsp3) is 0.400. The SMILES string of the molecule is CNC(=O)C(NC(=O)c1nc(-c2cc(F)c(F)cc2F)n2c1CN(Cc1cncnc1)CC2)C(C)(C)C. The van der Waals surface area contributed by atoms with Crippen LogP contribution in [-0.2, 0) is 24.4 Å². The van der Waals surface area contributed by atoms with Crippen molar-refractivity contribution >= 4 is 11.8 Å². The van der Waals surface area contributed by atoms with Gasteiger partial charge in [0.15, 0.2) is 17.3 Å². The lowest BCUT2D eigenvalue weighted by molar-refractivity contribution is -0.124. The van der Waals surface area contributed by atoms with Crippen LogP contribution in [0.1, 0.15) is 42.5 Å². The lowest BCUT2D eigenvalue weighted by Crippen LogP contribution is -2.53. The summed E-state index contributed by atoms with van der Waals surface area (Å²) in [4.78, 5) is 40.5. The first-order valence-corrected chi connectivity index (χ1v) is 11.7. The van der Waals surface area contributed by atoms with Gasteiger partial charge in [-0.25, -0.2) is 28.1 Å². The number of nitrogens with zero attached hydrogens (tertiary/aromatic N) is 5. The van der Waals surface area contributed by atoms with E-state index >= 15 is 0 Å². The molecule has 1 aromatic carbocycles. The average Bonchev–Trinajstić information content (AvgIpc) is 3.23. The Morgan fingerprint density at radius 2 is 1.73 bits per heavy atom. The van der Waals surface area contributed by atoms with Crippen LogP contribution >= 0.6 is 0 Å². The predicted molar refractivity (Wildman–Crippen MR) is 128 cm³/mol. The fourth-order valence-electron chi connectivity index (χ4n) is 4.33. The van der Waals surface area contributed by atoms with E-state index in [1.54, 1.807) is 17.0 Å². The second-order valence-electron chi connectivity index (χ2n) is 9.97. The van der Waals surface area contributed by atoms with Crippen molar-refractivity contribution in [3.63, 3.8) is 0 Å². The van der Waals surface area contributed by atoms with Crippen molar-refractivity contribution in [1.29, 1.82) is 0 Å². The second kappa shape index (κ2) is 10.3. The van der Waals surface area contributed by atoms with Gasteiger partial charge in [-0.3, -0.25) is 14.5 Å². The van der Waals surface area contributed by atoms with Crippen LogP contribution in [0.5, 0.6) is 0 Å². The van der Waals surface area contributed by atoms with Crippen LogP contribution in [-0.4, -0.2) is 55.9 Å². The van der Waals surface area contributed by atoms with Crippen LogP contribution in [0, 0.1) is 22.9 Å². The zero-order valence-electron chi connectivity index (χ0n) is 21.0. The molecule has 1 aliphatic heterocycles. The van der Waals surface area contributed by atoms with Gasteiger partial charge in [-0.15, -0.1) is 0 Å². The van der Waals surface area contributed by atoms with Crippen molar-refractivity contribution in [1.82, 2.24) is 35.1 Å². The number of carbonyl (C=O) groups excluding carboxylic acids is 2. The van der Waals surface area contributed by atoms with Gasteiger partial charge < -0.3 is 15.2 Å². The van der Waals surface area contributed by atoms with Crippen molar-refractivity contribution in [2.75, 3.05) is 13.6 Å². The van der Waals surface area contributed by atoms with Crippen molar-refractivity contribution in [3.8, 4) is 11.4 Å². The highest BCUT2D eigenvalue weighted by atomic mass is 19.2. The number of amides is 2. The van der Waals surface area contributed by atoms with Gasteiger partial charge in [-0.1, -0.05) is 20.8 Å². The van der Waals surface area contributed by atoms with Crippen molar-refractivity contribution < 1.29 is 22.8 Å². The third-order valence-corrected chi connectivity index (χ3v) is 6.22. The number of benzene rings is 1. The predicted octanol–water partition coefficient (Wildman–Crippen LogP) is 2.66. The number of fused-ring (bicyclic) bond motifs is 1. The summed E-state index contributed by atoms with van der Waals surface area (Å²) in [6.45, 7) is 7.00. The molecule has 2 amide bonds.